The summed E-state index contributed by atoms with van der Waals surface area (Å²) < 4.78 is 5.95. The molecule has 1 unspecified atom stereocenters. The van der Waals surface area contributed by atoms with Crippen molar-refractivity contribution in [2.75, 3.05) is 25.0 Å². The lowest BCUT2D eigenvalue weighted by atomic mass is 10.0. The number of likely N-dealkylation sites (N-methyl/N-ethyl adjacent to an activating group) is 1. The average molecular weight is 349 g/mol. The number of hydrogen-bond donors (Lipinski definition) is 0. The molecule has 0 radical (unpaired) electrons. The van der Waals surface area contributed by atoms with E-state index in [0.717, 1.165) is 42.5 Å². The molecule has 4 rings (SSSR count). The van der Waals surface area contributed by atoms with Crippen molar-refractivity contribution < 1.29 is 4.42 Å². The number of oxazole rings is 1. The van der Waals surface area contributed by atoms with E-state index in [4.69, 9.17) is 4.42 Å². The van der Waals surface area contributed by atoms with Gasteiger partial charge < -0.3 is 9.32 Å². The molecular formula is C20H23N5O. The van der Waals surface area contributed by atoms with Gasteiger partial charge in [-0.15, -0.1) is 5.10 Å². The summed E-state index contributed by atoms with van der Waals surface area (Å²) >= 11 is 0. The van der Waals surface area contributed by atoms with Gasteiger partial charge in [0.05, 0.1) is 12.7 Å². The van der Waals surface area contributed by atoms with Gasteiger partial charge in [-0.2, -0.15) is 5.10 Å². The third kappa shape index (κ3) is 3.75. The van der Waals surface area contributed by atoms with Crippen molar-refractivity contribution in [3.8, 4) is 11.3 Å². The second-order valence-electron chi connectivity index (χ2n) is 6.72. The van der Waals surface area contributed by atoms with Crippen molar-refractivity contribution in [1.82, 2.24) is 20.1 Å². The maximum atomic E-state index is 5.95. The molecule has 1 aliphatic rings. The van der Waals surface area contributed by atoms with Crippen LogP contribution in [0.25, 0.3) is 11.3 Å². The van der Waals surface area contributed by atoms with Crippen molar-refractivity contribution in [2.24, 2.45) is 0 Å². The summed E-state index contributed by atoms with van der Waals surface area (Å²) in [7, 11) is 2.14. The first-order valence-corrected chi connectivity index (χ1v) is 9.02. The van der Waals surface area contributed by atoms with Crippen LogP contribution in [0.2, 0.25) is 0 Å². The predicted molar refractivity (Wildman–Crippen MR) is 101 cm³/mol. The van der Waals surface area contributed by atoms with Gasteiger partial charge in [0, 0.05) is 30.9 Å². The highest BCUT2D eigenvalue weighted by atomic mass is 16.4. The minimum Gasteiger partial charge on any atom is -0.439 e. The highest BCUT2D eigenvalue weighted by molar-refractivity contribution is 5.55. The monoisotopic (exact) mass is 349 g/mol. The van der Waals surface area contributed by atoms with Crippen LogP contribution in [0.3, 0.4) is 0 Å². The SMILES string of the molecule is CN(Cc1ncc(-c2ccccc2)o1)C1CCCN(c2cccnn2)C1. The molecule has 6 heteroatoms. The Hall–Kier alpha value is -2.73. The third-order valence-electron chi connectivity index (χ3n) is 4.90. The maximum Gasteiger partial charge on any atom is 0.209 e. The minimum absolute atomic E-state index is 0.442. The molecular weight excluding hydrogens is 326 g/mol. The molecule has 1 fully saturated rings. The van der Waals surface area contributed by atoms with Crippen LogP contribution >= 0.6 is 0 Å². The largest absolute Gasteiger partial charge is 0.439 e. The topological polar surface area (TPSA) is 58.3 Å². The van der Waals surface area contributed by atoms with Gasteiger partial charge in [-0.1, -0.05) is 30.3 Å². The van der Waals surface area contributed by atoms with Gasteiger partial charge in [-0.3, -0.25) is 4.90 Å². The first-order valence-electron chi connectivity index (χ1n) is 9.02. The van der Waals surface area contributed by atoms with Gasteiger partial charge in [-0.25, -0.2) is 4.98 Å². The Labute approximate surface area is 153 Å². The van der Waals surface area contributed by atoms with Crippen molar-refractivity contribution in [2.45, 2.75) is 25.4 Å². The molecule has 6 nitrogen and oxygen atoms in total. The van der Waals surface area contributed by atoms with Gasteiger partial charge in [0.1, 0.15) is 0 Å². The maximum absolute atomic E-state index is 5.95. The zero-order chi connectivity index (χ0) is 17.8. The van der Waals surface area contributed by atoms with Gasteiger partial charge in [-0.05, 0) is 32.0 Å². The summed E-state index contributed by atoms with van der Waals surface area (Å²) in [6.07, 6.45) is 5.83. The van der Waals surface area contributed by atoms with Crippen LogP contribution in [-0.2, 0) is 6.54 Å². The zero-order valence-electron chi connectivity index (χ0n) is 15.0. The minimum atomic E-state index is 0.442. The Morgan fingerprint density at radius 1 is 1.19 bits per heavy atom. The Morgan fingerprint density at radius 3 is 2.88 bits per heavy atom. The molecule has 134 valence electrons. The van der Waals surface area contributed by atoms with E-state index in [1.165, 1.54) is 6.42 Å². The van der Waals surface area contributed by atoms with Crippen molar-refractivity contribution >= 4 is 5.82 Å². The second-order valence-corrected chi connectivity index (χ2v) is 6.72. The number of anilines is 1. The van der Waals surface area contributed by atoms with Gasteiger partial charge in [0.25, 0.3) is 0 Å². The number of rotatable bonds is 5. The Kier molecular flexibility index (Phi) is 4.93. The molecule has 26 heavy (non-hydrogen) atoms. The first-order chi connectivity index (χ1) is 12.8. The lowest BCUT2D eigenvalue weighted by Gasteiger charge is -2.37. The Bertz CT molecular complexity index is 820. The molecule has 0 aliphatic carbocycles. The van der Waals surface area contributed by atoms with E-state index < -0.39 is 0 Å². The van der Waals surface area contributed by atoms with Crippen molar-refractivity contribution in [1.29, 1.82) is 0 Å². The molecule has 0 bridgehead atoms. The van der Waals surface area contributed by atoms with Crippen LogP contribution < -0.4 is 4.90 Å². The number of nitrogens with zero attached hydrogens (tertiary/aromatic N) is 5. The fraction of sp³-hybridized carbons (Fsp3) is 0.350. The van der Waals surface area contributed by atoms with Gasteiger partial charge >= 0.3 is 0 Å². The highest BCUT2D eigenvalue weighted by Crippen LogP contribution is 2.23. The van der Waals surface area contributed by atoms with Crippen molar-refractivity contribution in [3.63, 3.8) is 0 Å². The molecule has 0 amide bonds. The first kappa shape index (κ1) is 16.7. The van der Waals surface area contributed by atoms with E-state index in [1.807, 2.05) is 48.7 Å². The standard InChI is InChI=1S/C20H23N5O/c1-24(15-20-21-13-18(26-20)16-7-3-2-4-8-16)17-9-6-12-25(14-17)19-10-5-11-22-23-19/h2-5,7-8,10-11,13,17H,6,9,12,14-15H2,1H3. The molecule has 3 heterocycles. The number of benzene rings is 1. The van der Waals surface area contributed by atoms with Crippen LogP contribution in [0.5, 0.6) is 0 Å². The molecule has 2 aromatic heterocycles. The Morgan fingerprint density at radius 2 is 2.08 bits per heavy atom. The van der Waals surface area contributed by atoms with Crippen LogP contribution in [0.1, 0.15) is 18.7 Å². The molecule has 3 aromatic rings. The third-order valence-corrected chi connectivity index (χ3v) is 4.90. The summed E-state index contributed by atoms with van der Waals surface area (Å²) in [4.78, 5) is 9.09. The van der Waals surface area contributed by atoms with Gasteiger partial charge in [0.15, 0.2) is 11.6 Å². The fourth-order valence-electron chi connectivity index (χ4n) is 3.45. The van der Waals surface area contributed by atoms with E-state index in [-0.39, 0.29) is 0 Å². The summed E-state index contributed by atoms with van der Waals surface area (Å²) in [5.74, 6) is 2.52. The average Bonchev–Trinajstić information content (AvgIpc) is 3.18. The highest BCUT2D eigenvalue weighted by Gasteiger charge is 2.25. The summed E-state index contributed by atoms with van der Waals surface area (Å²) in [5.41, 5.74) is 1.06. The lowest BCUT2D eigenvalue weighted by molar-refractivity contribution is 0.191. The summed E-state index contributed by atoms with van der Waals surface area (Å²) in [6, 6.07) is 14.5. The molecule has 0 saturated carbocycles. The molecule has 1 aromatic carbocycles. The quantitative estimate of drug-likeness (QED) is 0.705. The van der Waals surface area contributed by atoms with Crippen LogP contribution in [0, 0.1) is 0 Å². The number of aromatic nitrogens is 3. The molecule has 1 atom stereocenters. The molecule has 1 aliphatic heterocycles. The van der Waals surface area contributed by atoms with Crippen LogP contribution in [0.4, 0.5) is 5.82 Å². The van der Waals surface area contributed by atoms with Crippen molar-refractivity contribution in [3.05, 3.63) is 60.7 Å². The normalized spacial score (nSPS) is 17.6. The number of hydrogen-bond acceptors (Lipinski definition) is 6. The molecule has 0 N–H and O–H groups in total. The summed E-state index contributed by atoms with van der Waals surface area (Å²) in [6.45, 7) is 2.67. The molecule has 1 saturated heterocycles. The van der Waals surface area contributed by atoms with E-state index in [2.05, 4.69) is 32.0 Å². The molecule has 0 spiro atoms. The van der Waals surface area contributed by atoms with Crippen LogP contribution in [-0.4, -0.2) is 46.3 Å². The Balaban J connectivity index is 1.40. The van der Waals surface area contributed by atoms with Gasteiger partial charge in [0.2, 0.25) is 5.89 Å². The lowest BCUT2D eigenvalue weighted by Crippen LogP contribution is -2.46. The van der Waals surface area contributed by atoms with E-state index in [0.29, 0.717) is 12.6 Å². The van der Waals surface area contributed by atoms with Crippen LogP contribution in [0.15, 0.2) is 59.3 Å². The number of piperidine rings is 1. The van der Waals surface area contributed by atoms with E-state index in [9.17, 15) is 0 Å². The van der Waals surface area contributed by atoms with E-state index >= 15 is 0 Å². The predicted octanol–water partition coefficient (Wildman–Crippen LogP) is 3.23. The summed E-state index contributed by atoms with van der Waals surface area (Å²) in [5, 5.41) is 8.24. The zero-order valence-corrected chi connectivity index (χ0v) is 15.0. The smallest absolute Gasteiger partial charge is 0.209 e. The fourth-order valence-corrected chi connectivity index (χ4v) is 3.45. The second kappa shape index (κ2) is 7.66. The van der Waals surface area contributed by atoms with E-state index in [1.54, 1.807) is 6.20 Å².